The normalized spacial score (nSPS) is 11.6. The largest absolute Gasteiger partial charge is 0.465 e. The van der Waals surface area contributed by atoms with Gasteiger partial charge in [-0.1, -0.05) is 123 Å². The fraction of sp³-hybridized carbons (Fsp3) is 0.893. The van der Waals surface area contributed by atoms with Crippen LogP contribution in [0.25, 0.3) is 0 Å². The zero-order valence-corrected chi connectivity index (χ0v) is 20.9. The SMILES string of the molecule is CCCCCCCC/C=C\CCCCCCCCCCCC(=O)OCC(CC)CC. The van der Waals surface area contributed by atoms with Crippen LogP contribution in [0, 0.1) is 5.92 Å². The highest BCUT2D eigenvalue weighted by Gasteiger charge is 2.08. The lowest BCUT2D eigenvalue weighted by molar-refractivity contribution is -0.145. The van der Waals surface area contributed by atoms with Crippen molar-refractivity contribution in [3.63, 3.8) is 0 Å². The quantitative estimate of drug-likeness (QED) is 0.0930. The highest BCUT2D eigenvalue weighted by atomic mass is 16.5. The molecule has 0 aromatic rings. The van der Waals surface area contributed by atoms with Gasteiger partial charge >= 0.3 is 5.97 Å². The molecule has 0 saturated heterocycles. The Morgan fingerprint density at radius 3 is 1.53 bits per heavy atom. The molecule has 2 heteroatoms. The summed E-state index contributed by atoms with van der Waals surface area (Å²) in [5.74, 6) is 0.540. The first kappa shape index (κ1) is 29.2. The Morgan fingerprint density at radius 1 is 0.633 bits per heavy atom. The second-order valence-corrected chi connectivity index (χ2v) is 9.11. The highest BCUT2D eigenvalue weighted by molar-refractivity contribution is 5.69. The summed E-state index contributed by atoms with van der Waals surface area (Å²) in [7, 11) is 0. The van der Waals surface area contributed by atoms with Crippen molar-refractivity contribution in [3.8, 4) is 0 Å². The molecule has 0 aliphatic carbocycles. The number of unbranched alkanes of at least 4 members (excludes halogenated alkanes) is 15. The van der Waals surface area contributed by atoms with Crippen molar-refractivity contribution in [2.24, 2.45) is 5.92 Å². The van der Waals surface area contributed by atoms with Crippen LogP contribution in [0.15, 0.2) is 12.2 Å². The van der Waals surface area contributed by atoms with E-state index in [0.29, 0.717) is 18.9 Å². The predicted molar refractivity (Wildman–Crippen MR) is 133 cm³/mol. The molecule has 30 heavy (non-hydrogen) atoms. The van der Waals surface area contributed by atoms with Gasteiger partial charge in [-0.2, -0.15) is 0 Å². The first-order chi connectivity index (χ1) is 14.7. The molecule has 0 fully saturated rings. The Labute approximate surface area is 189 Å². The summed E-state index contributed by atoms with van der Waals surface area (Å²) in [5.41, 5.74) is 0. The molecule has 0 spiro atoms. The second kappa shape index (κ2) is 24.5. The maximum atomic E-state index is 11.7. The Morgan fingerprint density at radius 2 is 1.07 bits per heavy atom. The Bertz CT molecular complexity index is 371. The van der Waals surface area contributed by atoms with Gasteiger partial charge in [-0.05, 0) is 38.0 Å². The molecule has 0 rings (SSSR count). The number of ether oxygens (including phenoxy) is 1. The van der Waals surface area contributed by atoms with E-state index in [0.717, 1.165) is 19.3 Å². The summed E-state index contributed by atoms with van der Waals surface area (Å²) in [6, 6.07) is 0. The van der Waals surface area contributed by atoms with Gasteiger partial charge in [-0.15, -0.1) is 0 Å². The maximum Gasteiger partial charge on any atom is 0.305 e. The van der Waals surface area contributed by atoms with E-state index >= 15 is 0 Å². The van der Waals surface area contributed by atoms with E-state index in [2.05, 4.69) is 32.9 Å². The summed E-state index contributed by atoms with van der Waals surface area (Å²) < 4.78 is 5.38. The smallest absolute Gasteiger partial charge is 0.305 e. The minimum atomic E-state index is 0.00271. The fourth-order valence-corrected chi connectivity index (χ4v) is 3.85. The third kappa shape index (κ3) is 21.9. The number of allylic oxidation sites excluding steroid dienone is 2. The van der Waals surface area contributed by atoms with Gasteiger partial charge in [0, 0.05) is 6.42 Å². The molecule has 178 valence electrons. The summed E-state index contributed by atoms with van der Waals surface area (Å²) in [6.07, 6.45) is 30.1. The lowest BCUT2D eigenvalue weighted by atomic mass is 10.0. The fourth-order valence-electron chi connectivity index (χ4n) is 3.85. The van der Waals surface area contributed by atoms with Gasteiger partial charge in [0.1, 0.15) is 0 Å². The summed E-state index contributed by atoms with van der Waals surface area (Å²) in [6.45, 7) is 7.22. The minimum absolute atomic E-state index is 0.00271. The van der Waals surface area contributed by atoms with Crippen LogP contribution in [-0.4, -0.2) is 12.6 Å². The topological polar surface area (TPSA) is 26.3 Å². The third-order valence-electron chi connectivity index (χ3n) is 6.28. The van der Waals surface area contributed by atoms with Gasteiger partial charge in [0.25, 0.3) is 0 Å². The molecule has 0 bridgehead atoms. The number of hydrogen-bond acceptors (Lipinski definition) is 2. The van der Waals surface area contributed by atoms with Crippen molar-refractivity contribution in [3.05, 3.63) is 12.2 Å². The summed E-state index contributed by atoms with van der Waals surface area (Å²) in [4.78, 5) is 11.7. The van der Waals surface area contributed by atoms with E-state index in [1.54, 1.807) is 0 Å². The van der Waals surface area contributed by atoms with Gasteiger partial charge in [0.2, 0.25) is 0 Å². The first-order valence-corrected chi connectivity index (χ1v) is 13.5. The van der Waals surface area contributed by atoms with E-state index in [4.69, 9.17) is 4.74 Å². The van der Waals surface area contributed by atoms with Crippen molar-refractivity contribution in [2.45, 2.75) is 149 Å². The van der Waals surface area contributed by atoms with Crippen LogP contribution in [0.2, 0.25) is 0 Å². The van der Waals surface area contributed by atoms with Crippen LogP contribution in [0.5, 0.6) is 0 Å². The van der Waals surface area contributed by atoms with E-state index < -0.39 is 0 Å². The van der Waals surface area contributed by atoms with Crippen molar-refractivity contribution >= 4 is 5.97 Å². The van der Waals surface area contributed by atoms with Crippen LogP contribution in [0.3, 0.4) is 0 Å². The van der Waals surface area contributed by atoms with Gasteiger partial charge in [0.15, 0.2) is 0 Å². The van der Waals surface area contributed by atoms with Crippen molar-refractivity contribution in [2.75, 3.05) is 6.61 Å². The number of rotatable bonds is 23. The molecule has 2 nitrogen and oxygen atoms in total. The highest BCUT2D eigenvalue weighted by Crippen LogP contribution is 2.13. The molecule has 0 N–H and O–H groups in total. The molecule has 0 aromatic carbocycles. The maximum absolute atomic E-state index is 11.7. The summed E-state index contributed by atoms with van der Waals surface area (Å²) >= 11 is 0. The van der Waals surface area contributed by atoms with Gasteiger partial charge in [-0.3, -0.25) is 4.79 Å². The first-order valence-electron chi connectivity index (χ1n) is 13.5. The van der Waals surface area contributed by atoms with Crippen LogP contribution in [0.4, 0.5) is 0 Å². The molecule has 0 aliphatic rings. The van der Waals surface area contributed by atoms with Gasteiger partial charge in [-0.25, -0.2) is 0 Å². The standard InChI is InChI=1S/C28H54O2/c1-4-7-8-9-10-11-12-13-14-15-16-17-18-19-20-21-22-23-24-25-28(29)30-26-27(5-2)6-3/h13-14,27H,4-12,15-26H2,1-3H3/b14-13-. The lowest BCUT2D eigenvalue weighted by Crippen LogP contribution is -2.12. The number of hydrogen-bond donors (Lipinski definition) is 0. The monoisotopic (exact) mass is 422 g/mol. The molecule has 0 amide bonds. The van der Waals surface area contributed by atoms with E-state index in [1.165, 1.54) is 103 Å². The Kier molecular flexibility index (Phi) is 23.8. The van der Waals surface area contributed by atoms with Gasteiger partial charge in [0.05, 0.1) is 6.61 Å². The Balaban J connectivity index is 3.22. The molecule has 0 radical (unpaired) electrons. The minimum Gasteiger partial charge on any atom is -0.465 e. The predicted octanol–water partition coefficient (Wildman–Crippen LogP) is 9.56. The number of carbonyl (C=O) groups is 1. The molecule has 0 heterocycles. The zero-order chi connectivity index (χ0) is 22.1. The zero-order valence-electron chi connectivity index (χ0n) is 20.9. The molecular formula is C28H54O2. The lowest BCUT2D eigenvalue weighted by Gasteiger charge is -2.12. The average molecular weight is 423 g/mol. The Hall–Kier alpha value is -0.790. The van der Waals surface area contributed by atoms with E-state index in [9.17, 15) is 4.79 Å². The van der Waals surface area contributed by atoms with Crippen LogP contribution < -0.4 is 0 Å². The number of esters is 1. The molecule has 0 unspecified atom stereocenters. The summed E-state index contributed by atoms with van der Waals surface area (Å²) in [5, 5.41) is 0. The number of carbonyl (C=O) groups excluding carboxylic acids is 1. The third-order valence-corrected chi connectivity index (χ3v) is 6.28. The van der Waals surface area contributed by atoms with E-state index in [-0.39, 0.29) is 5.97 Å². The second-order valence-electron chi connectivity index (χ2n) is 9.11. The van der Waals surface area contributed by atoms with Gasteiger partial charge < -0.3 is 4.74 Å². The van der Waals surface area contributed by atoms with Crippen molar-refractivity contribution in [1.29, 1.82) is 0 Å². The van der Waals surface area contributed by atoms with Crippen LogP contribution in [0.1, 0.15) is 149 Å². The molecular weight excluding hydrogens is 368 g/mol. The average Bonchev–Trinajstić information content (AvgIpc) is 2.76. The van der Waals surface area contributed by atoms with Crippen LogP contribution in [-0.2, 0) is 9.53 Å². The van der Waals surface area contributed by atoms with E-state index in [1.807, 2.05) is 0 Å². The molecule has 0 aliphatic heterocycles. The molecule has 0 saturated carbocycles. The molecule has 0 atom stereocenters. The molecule has 0 aromatic heterocycles. The van der Waals surface area contributed by atoms with Crippen LogP contribution >= 0.6 is 0 Å². The van der Waals surface area contributed by atoms with Crippen molar-refractivity contribution in [1.82, 2.24) is 0 Å². The van der Waals surface area contributed by atoms with Crippen molar-refractivity contribution < 1.29 is 9.53 Å².